The van der Waals surface area contributed by atoms with Gasteiger partial charge in [0.2, 0.25) is 0 Å². The van der Waals surface area contributed by atoms with Crippen molar-refractivity contribution >= 4 is 46.5 Å². The molecule has 0 saturated heterocycles. The highest BCUT2D eigenvalue weighted by molar-refractivity contribution is 6.42. The van der Waals surface area contributed by atoms with Crippen LogP contribution in [0.5, 0.6) is 0 Å². The smallest absolute Gasteiger partial charge is 0.256 e. The highest BCUT2D eigenvalue weighted by atomic mass is 35.5. The van der Waals surface area contributed by atoms with Crippen LogP contribution in [0.2, 0.25) is 15.1 Å². The topological polar surface area (TPSA) is 46.9 Å². The zero-order valence-corrected chi connectivity index (χ0v) is 14.6. The molecule has 7 heteroatoms. The minimum Gasteiger partial charge on any atom is -0.305 e. The predicted molar refractivity (Wildman–Crippen MR) is 97.2 cm³/mol. The number of carbonyl (C=O) groups excluding carboxylic acids is 1. The Bertz CT molecular complexity index is 875. The first kappa shape index (κ1) is 16.8. The minimum atomic E-state index is -0.244. The number of aromatic nitrogens is 2. The molecule has 0 aliphatic carbocycles. The van der Waals surface area contributed by atoms with Gasteiger partial charge in [-0.3, -0.25) is 9.48 Å². The molecule has 4 nitrogen and oxygen atoms in total. The number of benzene rings is 2. The molecule has 24 heavy (non-hydrogen) atoms. The second-order valence-corrected chi connectivity index (χ2v) is 6.36. The summed E-state index contributed by atoms with van der Waals surface area (Å²) in [5.41, 5.74) is 1.47. The number of carbonyl (C=O) groups is 1. The largest absolute Gasteiger partial charge is 0.305 e. The summed E-state index contributed by atoms with van der Waals surface area (Å²) in [6.45, 7) is 0.522. The van der Waals surface area contributed by atoms with Gasteiger partial charge < -0.3 is 5.32 Å². The highest BCUT2D eigenvalue weighted by Gasteiger charge is 2.08. The minimum absolute atomic E-state index is 0.244. The van der Waals surface area contributed by atoms with E-state index in [-0.39, 0.29) is 5.91 Å². The number of rotatable bonds is 4. The van der Waals surface area contributed by atoms with Crippen molar-refractivity contribution in [3.8, 4) is 0 Å². The fourth-order valence-corrected chi connectivity index (χ4v) is 2.58. The third-order valence-corrected chi connectivity index (χ3v) is 4.31. The zero-order chi connectivity index (χ0) is 17.1. The summed E-state index contributed by atoms with van der Waals surface area (Å²) in [6, 6.07) is 13.8. The molecule has 1 heterocycles. The van der Waals surface area contributed by atoms with E-state index in [9.17, 15) is 4.79 Å². The first-order chi connectivity index (χ1) is 11.5. The van der Waals surface area contributed by atoms with E-state index in [0.29, 0.717) is 33.0 Å². The fourth-order valence-electron chi connectivity index (χ4n) is 2.13. The van der Waals surface area contributed by atoms with Crippen molar-refractivity contribution in [1.82, 2.24) is 9.78 Å². The Morgan fingerprint density at radius 1 is 1.00 bits per heavy atom. The second-order valence-electron chi connectivity index (χ2n) is 5.11. The fraction of sp³-hybridized carbons (Fsp3) is 0.0588. The summed E-state index contributed by atoms with van der Waals surface area (Å²) in [7, 11) is 0. The summed E-state index contributed by atoms with van der Waals surface area (Å²) < 4.78 is 1.71. The van der Waals surface area contributed by atoms with E-state index in [1.54, 1.807) is 53.3 Å². The maximum Gasteiger partial charge on any atom is 0.256 e. The lowest BCUT2D eigenvalue weighted by Gasteiger charge is -2.04. The molecule has 3 rings (SSSR count). The number of halogens is 3. The summed E-state index contributed by atoms with van der Waals surface area (Å²) >= 11 is 17.7. The lowest BCUT2D eigenvalue weighted by molar-refractivity contribution is 0.102. The van der Waals surface area contributed by atoms with Crippen LogP contribution < -0.4 is 5.32 Å². The maximum atomic E-state index is 12.1. The monoisotopic (exact) mass is 379 g/mol. The normalized spacial score (nSPS) is 10.6. The van der Waals surface area contributed by atoms with E-state index < -0.39 is 0 Å². The van der Waals surface area contributed by atoms with Crippen LogP contribution in [0.3, 0.4) is 0 Å². The molecule has 122 valence electrons. The first-order valence-electron chi connectivity index (χ1n) is 7.05. The Morgan fingerprint density at radius 3 is 2.46 bits per heavy atom. The third-order valence-electron chi connectivity index (χ3n) is 3.32. The van der Waals surface area contributed by atoms with Crippen molar-refractivity contribution in [1.29, 1.82) is 0 Å². The van der Waals surface area contributed by atoms with E-state index in [1.165, 1.54) is 0 Å². The number of anilines is 1. The number of hydrogen-bond acceptors (Lipinski definition) is 2. The zero-order valence-electron chi connectivity index (χ0n) is 12.3. The molecule has 1 amide bonds. The van der Waals surface area contributed by atoms with E-state index >= 15 is 0 Å². The Balaban J connectivity index is 1.67. The van der Waals surface area contributed by atoms with Gasteiger partial charge in [-0.05, 0) is 42.0 Å². The van der Waals surface area contributed by atoms with Crippen molar-refractivity contribution < 1.29 is 4.79 Å². The van der Waals surface area contributed by atoms with Gasteiger partial charge in [0.25, 0.3) is 5.91 Å². The molecular formula is C17H12Cl3N3O. The molecule has 2 aromatic carbocycles. The van der Waals surface area contributed by atoms with E-state index in [0.717, 1.165) is 5.56 Å². The van der Waals surface area contributed by atoms with E-state index in [4.69, 9.17) is 34.8 Å². The molecule has 1 aromatic heterocycles. The summed E-state index contributed by atoms with van der Waals surface area (Å²) in [5, 5.41) is 8.66. The van der Waals surface area contributed by atoms with E-state index in [2.05, 4.69) is 10.4 Å². The van der Waals surface area contributed by atoms with Crippen LogP contribution in [0.4, 0.5) is 5.82 Å². The van der Waals surface area contributed by atoms with Crippen molar-refractivity contribution in [2.24, 2.45) is 0 Å². The summed E-state index contributed by atoms with van der Waals surface area (Å²) in [6.07, 6.45) is 1.78. The molecule has 0 spiro atoms. The van der Waals surface area contributed by atoms with Gasteiger partial charge in [0.1, 0.15) is 0 Å². The summed E-state index contributed by atoms with van der Waals surface area (Å²) in [5.74, 6) is 0.224. The number of amides is 1. The van der Waals surface area contributed by atoms with Crippen LogP contribution in [0, 0.1) is 0 Å². The van der Waals surface area contributed by atoms with Crippen LogP contribution in [0.25, 0.3) is 0 Å². The first-order valence-corrected chi connectivity index (χ1v) is 8.19. The van der Waals surface area contributed by atoms with Gasteiger partial charge in [0, 0.05) is 22.8 Å². The molecular weight excluding hydrogens is 369 g/mol. The van der Waals surface area contributed by atoms with Crippen molar-refractivity contribution in [2.75, 3.05) is 5.32 Å². The van der Waals surface area contributed by atoms with Gasteiger partial charge in [-0.2, -0.15) is 5.10 Å². The SMILES string of the molecule is O=C(Nc1ccn(Cc2ccc(Cl)c(Cl)c2)n1)c1ccc(Cl)cc1. The second kappa shape index (κ2) is 7.26. The van der Waals surface area contributed by atoms with Crippen molar-refractivity contribution in [3.63, 3.8) is 0 Å². The molecule has 0 fully saturated rings. The van der Waals surface area contributed by atoms with Crippen LogP contribution in [-0.2, 0) is 6.54 Å². The highest BCUT2D eigenvalue weighted by Crippen LogP contribution is 2.23. The van der Waals surface area contributed by atoms with Gasteiger partial charge in [0.05, 0.1) is 16.6 Å². The lowest BCUT2D eigenvalue weighted by Crippen LogP contribution is -2.12. The van der Waals surface area contributed by atoms with E-state index in [1.807, 2.05) is 6.07 Å². The molecule has 0 atom stereocenters. The molecule has 0 radical (unpaired) electrons. The molecule has 0 saturated carbocycles. The van der Waals surface area contributed by atoms with Gasteiger partial charge in [-0.1, -0.05) is 40.9 Å². The summed E-state index contributed by atoms with van der Waals surface area (Å²) in [4.78, 5) is 12.1. The molecule has 3 aromatic rings. The Kier molecular flexibility index (Phi) is 5.09. The van der Waals surface area contributed by atoms with Gasteiger partial charge in [-0.25, -0.2) is 0 Å². The van der Waals surface area contributed by atoms with Gasteiger partial charge in [-0.15, -0.1) is 0 Å². The van der Waals surface area contributed by atoms with Crippen LogP contribution >= 0.6 is 34.8 Å². The molecule has 0 unspecified atom stereocenters. The van der Waals surface area contributed by atoms with Crippen molar-refractivity contribution in [3.05, 3.63) is 80.9 Å². The molecule has 1 N–H and O–H groups in total. The number of nitrogens with one attached hydrogen (secondary N) is 1. The molecule has 0 aliphatic rings. The van der Waals surface area contributed by atoms with Crippen LogP contribution in [0.15, 0.2) is 54.7 Å². The van der Waals surface area contributed by atoms with Crippen molar-refractivity contribution in [2.45, 2.75) is 6.54 Å². The molecule has 0 bridgehead atoms. The van der Waals surface area contributed by atoms with Crippen LogP contribution in [-0.4, -0.2) is 15.7 Å². The third kappa shape index (κ3) is 4.09. The number of hydrogen-bond donors (Lipinski definition) is 1. The quantitative estimate of drug-likeness (QED) is 0.681. The van der Waals surface area contributed by atoms with Gasteiger partial charge in [0.15, 0.2) is 5.82 Å². The van der Waals surface area contributed by atoms with Gasteiger partial charge >= 0.3 is 0 Å². The average Bonchev–Trinajstić information content (AvgIpc) is 2.98. The Morgan fingerprint density at radius 2 is 1.75 bits per heavy atom. The standard InChI is InChI=1S/C17H12Cl3N3O/c18-13-4-2-12(3-5-13)17(24)21-16-7-8-23(22-16)10-11-1-6-14(19)15(20)9-11/h1-9H,10H2,(H,21,22,24). The Labute approximate surface area is 154 Å². The maximum absolute atomic E-state index is 12.1. The number of nitrogens with zero attached hydrogens (tertiary/aromatic N) is 2. The predicted octanol–water partition coefficient (Wildman–Crippen LogP) is 5.14. The lowest BCUT2D eigenvalue weighted by atomic mass is 10.2. The molecule has 0 aliphatic heterocycles. The van der Waals surface area contributed by atoms with Crippen LogP contribution in [0.1, 0.15) is 15.9 Å². The Hall–Kier alpha value is -2.01. The average molecular weight is 381 g/mol.